The number of anilines is 1. The van der Waals surface area contributed by atoms with E-state index in [0.717, 1.165) is 5.56 Å². The van der Waals surface area contributed by atoms with Crippen LogP contribution in [0.2, 0.25) is 15.2 Å². The van der Waals surface area contributed by atoms with Crippen LogP contribution in [0.4, 0.5) is 10.2 Å². The molecule has 0 radical (unpaired) electrons. The van der Waals surface area contributed by atoms with Gasteiger partial charge in [0.15, 0.2) is 0 Å². The maximum absolute atomic E-state index is 14.6. The fraction of sp³-hybridized carbons (Fsp3) is 0.0556. The summed E-state index contributed by atoms with van der Waals surface area (Å²) in [6.07, 6.45) is 1.35. The zero-order valence-corrected chi connectivity index (χ0v) is 15.9. The average molecular weight is 423 g/mol. The summed E-state index contributed by atoms with van der Waals surface area (Å²) in [5.74, 6) is 0.208. The summed E-state index contributed by atoms with van der Waals surface area (Å²) in [5.41, 5.74) is 1.42. The van der Waals surface area contributed by atoms with E-state index in [1.165, 1.54) is 23.0 Å². The van der Waals surface area contributed by atoms with E-state index in [1.807, 2.05) is 12.1 Å². The molecule has 4 rings (SSSR count). The van der Waals surface area contributed by atoms with Crippen molar-refractivity contribution in [1.29, 1.82) is 0 Å². The van der Waals surface area contributed by atoms with E-state index >= 15 is 0 Å². The Hall–Kier alpha value is -2.41. The van der Waals surface area contributed by atoms with Gasteiger partial charge in [0.1, 0.15) is 23.1 Å². The fourth-order valence-corrected chi connectivity index (χ4v) is 3.37. The number of fused-ring (bicyclic) bond motifs is 1. The zero-order valence-electron chi connectivity index (χ0n) is 13.6. The van der Waals surface area contributed by atoms with Gasteiger partial charge in [-0.15, -0.1) is 0 Å². The van der Waals surface area contributed by atoms with Crippen LogP contribution in [0, 0.1) is 5.82 Å². The predicted molar refractivity (Wildman–Crippen MR) is 105 cm³/mol. The van der Waals surface area contributed by atoms with Crippen molar-refractivity contribution >= 4 is 46.4 Å². The molecule has 27 heavy (non-hydrogen) atoms. The molecule has 5 nitrogen and oxygen atoms in total. The lowest BCUT2D eigenvalue weighted by atomic mass is 10.1. The van der Waals surface area contributed by atoms with Crippen LogP contribution >= 0.6 is 34.8 Å². The molecule has 0 spiro atoms. The van der Waals surface area contributed by atoms with Crippen molar-refractivity contribution in [2.24, 2.45) is 0 Å². The smallest absolute Gasteiger partial charge is 0.255 e. The highest BCUT2D eigenvalue weighted by molar-refractivity contribution is 6.36. The molecule has 2 aromatic heterocycles. The fourth-order valence-electron chi connectivity index (χ4n) is 2.73. The van der Waals surface area contributed by atoms with Gasteiger partial charge in [-0.3, -0.25) is 0 Å². The van der Waals surface area contributed by atoms with Crippen molar-refractivity contribution in [3.8, 4) is 11.1 Å². The van der Waals surface area contributed by atoms with E-state index in [4.69, 9.17) is 34.8 Å². The maximum Gasteiger partial charge on any atom is 0.255 e. The first-order valence-electron chi connectivity index (χ1n) is 7.86. The van der Waals surface area contributed by atoms with Crippen LogP contribution in [0.3, 0.4) is 0 Å². The van der Waals surface area contributed by atoms with Crippen LogP contribution in [-0.2, 0) is 6.54 Å². The summed E-state index contributed by atoms with van der Waals surface area (Å²) in [6, 6.07) is 11.8. The zero-order chi connectivity index (χ0) is 19.0. The third-order valence-corrected chi connectivity index (χ3v) is 4.81. The normalized spacial score (nSPS) is 11.1. The second kappa shape index (κ2) is 7.31. The standard InChI is InChI=1S/C18H11Cl3FN5/c19-11-6-4-10(5-7-11)8-23-17-15(14-12(20)2-1-3-13(14)22)16(21)26-18-24-9-25-27(17)18/h1-7,9,23H,8H2. The topological polar surface area (TPSA) is 55.1 Å². The number of halogens is 4. The molecule has 0 saturated heterocycles. The van der Waals surface area contributed by atoms with Crippen LogP contribution < -0.4 is 5.32 Å². The average Bonchev–Trinajstić information content (AvgIpc) is 3.10. The Morgan fingerprint density at radius 1 is 1.00 bits per heavy atom. The van der Waals surface area contributed by atoms with Gasteiger partial charge in [-0.05, 0) is 29.8 Å². The predicted octanol–water partition coefficient (Wildman–Crippen LogP) is 5.50. The summed E-state index contributed by atoms with van der Waals surface area (Å²) in [7, 11) is 0. The van der Waals surface area contributed by atoms with Crippen LogP contribution in [0.1, 0.15) is 5.56 Å². The molecule has 0 bridgehead atoms. The molecule has 136 valence electrons. The van der Waals surface area contributed by atoms with Crippen molar-refractivity contribution < 1.29 is 4.39 Å². The Kier molecular flexibility index (Phi) is 4.86. The highest BCUT2D eigenvalue weighted by Gasteiger charge is 2.22. The monoisotopic (exact) mass is 421 g/mol. The minimum absolute atomic E-state index is 0.0705. The molecule has 2 heterocycles. The van der Waals surface area contributed by atoms with E-state index in [1.54, 1.807) is 18.2 Å². The summed E-state index contributed by atoms with van der Waals surface area (Å²) >= 11 is 18.6. The van der Waals surface area contributed by atoms with Gasteiger partial charge in [-0.25, -0.2) is 4.39 Å². The van der Waals surface area contributed by atoms with Crippen molar-refractivity contribution in [3.63, 3.8) is 0 Å². The molecule has 9 heteroatoms. The van der Waals surface area contributed by atoms with Crippen molar-refractivity contribution in [1.82, 2.24) is 19.6 Å². The number of nitrogens with one attached hydrogen (secondary N) is 1. The van der Waals surface area contributed by atoms with Crippen LogP contribution in [0.15, 0.2) is 48.8 Å². The third kappa shape index (κ3) is 3.43. The van der Waals surface area contributed by atoms with Crippen LogP contribution in [0.5, 0.6) is 0 Å². The van der Waals surface area contributed by atoms with E-state index < -0.39 is 5.82 Å². The Labute approximate surface area is 168 Å². The Balaban J connectivity index is 1.87. The Bertz CT molecular complexity index is 1110. The molecule has 0 saturated carbocycles. The van der Waals surface area contributed by atoms with Gasteiger partial charge in [0, 0.05) is 17.1 Å². The number of rotatable bonds is 4. The molecule has 4 aromatic rings. The van der Waals surface area contributed by atoms with Gasteiger partial charge in [0.2, 0.25) is 0 Å². The van der Waals surface area contributed by atoms with Gasteiger partial charge in [0.25, 0.3) is 5.78 Å². The van der Waals surface area contributed by atoms with Crippen LogP contribution in [-0.4, -0.2) is 19.6 Å². The molecule has 0 aliphatic rings. The molecule has 0 fully saturated rings. The first kappa shape index (κ1) is 18.0. The molecule has 1 N–H and O–H groups in total. The second-order valence-corrected chi connectivity index (χ2v) is 6.88. The van der Waals surface area contributed by atoms with Gasteiger partial charge >= 0.3 is 0 Å². The summed E-state index contributed by atoms with van der Waals surface area (Å²) in [5, 5.41) is 8.33. The maximum atomic E-state index is 14.6. The molecule has 2 aromatic carbocycles. The molecular formula is C18H11Cl3FN5. The summed E-state index contributed by atoms with van der Waals surface area (Å²) in [4.78, 5) is 8.25. The van der Waals surface area contributed by atoms with Crippen LogP contribution in [0.25, 0.3) is 16.9 Å². The Morgan fingerprint density at radius 3 is 2.52 bits per heavy atom. The lowest BCUT2D eigenvalue weighted by Crippen LogP contribution is -2.09. The van der Waals surface area contributed by atoms with Gasteiger partial charge in [-0.1, -0.05) is 53.0 Å². The molecule has 0 aliphatic carbocycles. The second-order valence-electron chi connectivity index (χ2n) is 5.67. The molecule has 0 atom stereocenters. The van der Waals surface area contributed by atoms with Gasteiger partial charge in [0.05, 0.1) is 10.6 Å². The first-order chi connectivity index (χ1) is 13.0. The van der Waals surface area contributed by atoms with Gasteiger partial charge in [-0.2, -0.15) is 19.6 Å². The van der Waals surface area contributed by atoms with Gasteiger partial charge < -0.3 is 5.32 Å². The number of aromatic nitrogens is 4. The highest BCUT2D eigenvalue weighted by Crippen LogP contribution is 2.39. The minimum atomic E-state index is -0.514. The van der Waals surface area contributed by atoms with E-state index in [0.29, 0.717) is 22.9 Å². The lowest BCUT2D eigenvalue weighted by Gasteiger charge is -2.16. The summed E-state index contributed by atoms with van der Waals surface area (Å²) in [6.45, 7) is 0.422. The molecule has 0 unspecified atom stereocenters. The molecule has 0 aliphatic heterocycles. The molecular weight excluding hydrogens is 412 g/mol. The SMILES string of the molecule is Fc1cccc(Cl)c1-c1c(Cl)nc2ncnn2c1NCc1ccc(Cl)cc1. The van der Waals surface area contributed by atoms with Crippen molar-refractivity contribution in [2.75, 3.05) is 5.32 Å². The minimum Gasteiger partial charge on any atom is -0.365 e. The van der Waals surface area contributed by atoms with Crippen molar-refractivity contribution in [3.05, 3.63) is 75.4 Å². The number of hydrogen-bond acceptors (Lipinski definition) is 4. The summed E-state index contributed by atoms with van der Waals surface area (Å²) < 4.78 is 16.0. The quantitative estimate of drug-likeness (QED) is 0.441. The van der Waals surface area contributed by atoms with Crippen molar-refractivity contribution in [2.45, 2.75) is 6.54 Å². The number of benzene rings is 2. The first-order valence-corrected chi connectivity index (χ1v) is 9.00. The third-order valence-electron chi connectivity index (χ3n) is 3.97. The van der Waals surface area contributed by atoms with E-state index in [9.17, 15) is 4.39 Å². The number of nitrogens with zero attached hydrogens (tertiary/aromatic N) is 4. The molecule has 0 amide bonds. The largest absolute Gasteiger partial charge is 0.365 e. The number of hydrogen-bond donors (Lipinski definition) is 1. The van der Waals surface area contributed by atoms with E-state index in [2.05, 4.69) is 20.4 Å². The lowest BCUT2D eigenvalue weighted by molar-refractivity contribution is 0.631. The van der Waals surface area contributed by atoms with E-state index in [-0.39, 0.29) is 21.5 Å². The Morgan fingerprint density at radius 2 is 1.78 bits per heavy atom. The highest BCUT2D eigenvalue weighted by atomic mass is 35.5.